The van der Waals surface area contributed by atoms with Gasteiger partial charge in [-0.05, 0) is 32.0 Å². The number of ketones is 1. The average molecular weight is 409 g/mol. The van der Waals surface area contributed by atoms with Crippen molar-refractivity contribution in [1.29, 1.82) is 0 Å². The molecule has 8 heteroatoms. The fraction of sp³-hybridized carbons (Fsp3) is 0.167. The number of Topliss-reactive ketones (excluding diaryl/α,β-unsaturated/α-hetero) is 1. The zero-order chi connectivity index (χ0) is 18.8. The summed E-state index contributed by atoms with van der Waals surface area (Å²) < 4.78 is 7.02. The molecule has 0 radical (unpaired) electrons. The zero-order valence-corrected chi connectivity index (χ0v) is 16.3. The number of aromatic nitrogens is 2. The lowest BCUT2D eigenvalue weighted by Gasteiger charge is -2.07. The number of benzene rings is 1. The molecule has 26 heavy (non-hydrogen) atoms. The highest BCUT2D eigenvalue weighted by molar-refractivity contribution is 7.12. The molecule has 134 valence electrons. The first-order chi connectivity index (χ1) is 12.4. The van der Waals surface area contributed by atoms with Crippen molar-refractivity contribution in [2.45, 2.75) is 13.8 Å². The Morgan fingerprint density at radius 1 is 1.23 bits per heavy atom. The topological polar surface area (TPSA) is 61.2 Å². The van der Waals surface area contributed by atoms with Crippen molar-refractivity contribution in [3.8, 4) is 5.13 Å². The van der Waals surface area contributed by atoms with Crippen LogP contribution in [0.15, 0.2) is 35.8 Å². The zero-order valence-electron chi connectivity index (χ0n) is 14.0. The number of halogens is 2. The smallest absolute Gasteiger partial charge is 0.340 e. The molecule has 3 rings (SSSR count). The van der Waals surface area contributed by atoms with Crippen LogP contribution < -0.4 is 0 Å². The predicted octanol–water partition coefficient (Wildman–Crippen LogP) is 4.90. The van der Waals surface area contributed by atoms with Crippen LogP contribution >= 0.6 is 34.5 Å². The van der Waals surface area contributed by atoms with Crippen LogP contribution in [0.25, 0.3) is 5.13 Å². The Balaban J connectivity index is 1.76. The first-order valence-electron chi connectivity index (χ1n) is 7.63. The molecule has 0 aliphatic heterocycles. The highest BCUT2D eigenvalue weighted by atomic mass is 35.5. The van der Waals surface area contributed by atoms with Gasteiger partial charge in [-0.2, -0.15) is 0 Å². The van der Waals surface area contributed by atoms with E-state index in [4.69, 9.17) is 27.9 Å². The minimum absolute atomic E-state index is 0.105. The molecular formula is C18H14Cl2N2O3S. The largest absolute Gasteiger partial charge is 0.454 e. The molecule has 3 aromatic rings. The second-order valence-corrected chi connectivity index (χ2v) is 7.19. The molecule has 0 saturated carbocycles. The summed E-state index contributed by atoms with van der Waals surface area (Å²) in [6, 6.07) is 6.42. The number of rotatable bonds is 5. The monoisotopic (exact) mass is 408 g/mol. The van der Waals surface area contributed by atoms with Gasteiger partial charge in [0.1, 0.15) is 0 Å². The molecule has 0 atom stereocenters. The molecule has 2 aromatic heterocycles. The second-order valence-electron chi connectivity index (χ2n) is 5.54. The Kier molecular flexibility index (Phi) is 5.46. The van der Waals surface area contributed by atoms with Crippen molar-refractivity contribution in [2.75, 3.05) is 6.61 Å². The van der Waals surface area contributed by atoms with E-state index >= 15 is 0 Å². The molecular weight excluding hydrogens is 395 g/mol. The van der Waals surface area contributed by atoms with E-state index in [1.54, 1.807) is 24.4 Å². The Bertz CT molecular complexity index is 981. The summed E-state index contributed by atoms with van der Waals surface area (Å²) in [5, 5.41) is 3.00. The normalized spacial score (nSPS) is 10.8. The van der Waals surface area contributed by atoms with Crippen LogP contribution in [0.3, 0.4) is 0 Å². The van der Waals surface area contributed by atoms with Gasteiger partial charge in [-0.15, -0.1) is 11.3 Å². The van der Waals surface area contributed by atoms with Crippen molar-refractivity contribution < 1.29 is 14.3 Å². The number of carbonyl (C=O) groups excluding carboxylic acids is 2. The van der Waals surface area contributed by atoms with Gasteiger partial charge in [-0.3, -0.25) is 9.36 Å². The van der Waals surface area contributed by atoms with E-state index in [0.717, 1.165) is 16.5 Å². The minimum Gasteiger partial charge on any atom is -0.454 e. The number of aryl methyl sites for hydroxylation is 1. The summed E-state index contributed by atoms with van der Waals surface area (Å²) in [5.41, 5.74) is 2.24. The van der Waals surface area contributed by atoms with Crippen LogP contribution in [0.4, 0.5) is 0 Å². The highest BCUT2D eigenvalue weighted by Crippen LogP contribution is 2.26. The van der Waals surface area contributed by atoms with Gasteiger partial charge in [-0.1, -0.05) is 29.3 Å². The fourth-order valence-electron chi connectivity index (χ4n) is 2.61. The van der Waals surface area contributed by atoms with Gasteiger partial charge >= 0.3 is 5.97 Å². The molecule has 0 saturated heterocycles. The first kappa shape index (κ1) is 18.6. The number of nitrogens with zero attached hydrogens (tertiary/aromatic N) is 2. The maximum absolute atomic E-state index is 12.5. The van der Waals surface area contributed by atoms with Gasteiger partial charge in [-0.25, -0.2) is 9.78 Å². The predicted molar refractivity (Wildman–Crippen MR) is 102 cm³/mol. The first-order valence-corrected chi connectivity index (χ1v) is 9.27. The fourth-order valence-corrected chi connectivity index (χ4v) is 3.74. The highest BCUT2D eigenvalue weighted by Gasteiger charge is 2.20. The molecule has 0 aliphatic carbocycles. The molecule has 0 aliphatic rings. The SMILES string of the molecule is Cc1cc(C(=O)COC(=O)c2cccc(Cl)c2Cl)c(C)n1-c1nccs1. The van der Waals surface area contributed by atoms with Crippen molar-refractivity contribution in [3.63, 3.8) is 0 Å². The van der Waals surface area contributed by atoms with E-state index < -0.39 is 5.97 Å². The van der Waals surface area contributed by atoms with E-state index in [1.165, 1.54) is 17.4 Å². The molecule has 2 heterocycles. The van der Waals surface area contributed by atoms with E-state index in [1.807, 2.05) is 23.8 Å². The van der Waals surface area contributed by atoms with E-state index in [-0.39, 0.29) is 28.0 Å². The van der Waals surface area contributed by atoms with Crippen LogP contribution in [0.1, 0.15) is 32.1 Å². The third-order valence-electron chi connectivity index (χ3n) is 3.85. The van der Waals surface area contributed by atoms with E-state index in [2.05, 4.69) is 4.98 Å². The molecule has 1 aromatic carbocycles. The van der Waals surface area contributed by atoms with Gasteiger partial charge in [0.2, 0.25) is 5.78 Å². The summed E-state index contributed by atoms with van der Waals surface area (Å²) in [5.74, 6) is -0.994. The number of hydrogen-bond acceptors (Lipinski definition) is 5. The van der Waals surface area contributed by atoms with Crippen LogP contribution in [0.5, 0.6) is 0 Å². The summed E-state index contributed by atoms with van der Waals surface area (Å²) in [4.78, 5) is 29.0. The molecule has 0 bridgehead atoms. The summed E-state index contributed by atoms with van der Waals surface area (Å²) in [6.45, 7) is 3.34. The average Bonchev–Trinajstić information content (AvgIpc) is 3.22. The maximum atomic E-state index is 12.5. The van der Waals surface area contributed by atoms with E-state index in [9.17, 15) is 9.59 Å². The minimum atomic E-state index is -0.695. The Labute approximate surface area is 164 Å². The lowest BCUT2D eigenvalue weighted by atomic mass is 10.1. The van der Waals surface area contributed by atoms with Crippen LogP contribution in [0, 0.1) is 13.8 Å². The molecule has 0 fully saturated rings. The van der Waals surface area contributed by atoms with Crippen molar-refractivity contribution in [3.05, 3.63) is 68.4 Å². The summed E-state index contributed by atoms with van der Waals surface area (Å²) in [7, 11) is 0. The van der Waals surface area contributed by atoms with Gasteiger partial charge in [0.25, 0.3) is 0 Å². The summed E-state index contributed by atoms with van der Waals surface area (Å²) >= 11 is 13.4. The standard InChI is InChI=1S/C18H14Cl2N2O3S/c1-10-8-13(11(2)22(10)18-21-6-7-26-18)15(23)9-25-17(24)12-4-3-5-14(19)16(12)20/h3-8H,9H2,1-2H3. The third kappa shape index (κ3) is 3.53. The Morgan fingerprint density at radius 3 is 2.69 bits per heavy atom. The maximum Gasteiger partial charge on any atom is 0.340 e. The second kappa shape index (κ2) is 7.61. The van der Waals surface area contributed by atoms with Gasteiger partial charge in [0.15, 0.2) is 11.7 Å². The number of ether oxygens (including phenoxy) is 1. The molecule has 0 unspecified atom stereocenters. The van der Waals surface area contributed by atoms with Crippen LogP contribution in [-0.4, -0.2) is 27.9 Å². The van der Waals surface area contributed by atoms with Crippen molar-refractivity contribution >= 4 is 46.3 Å². The van der Waals surface area contributed by atoms with Crippen molar-refractivity contribution in [1.82, 2.24) is 9.55 Å². The number of hydrogen-bond donors (Lipinski definition) is 0. The van der Waals surface area contributed by atoms with Crippen molar-refractivity contribution in [2.24, 2.45) is 0 Å². The Hall–Kier alpha value is -2.15. The number of esters is 1. The summed E-state index contributed by atoms with van der Waals surface area (Å²) in [6.07, 6.45) is 1.71. The lowest BCUT2D eigenvalue weighted by Crippen LogP contribution is -2.15. The van der Waals surface area contributed by atoms with E-state index in [0.29, 0.717) is 5.56 Å². The third-order valence-corrected chi connectivity index (χ3v) is 5.42. The molecule has 5 nitrogen and oxygen atoms in total. The molecule has 0 amide bonds. The lowest BCUT2D eigenvalue weighted by molar-refractivity contribution is 0.0474. The Morgan fingerprint density at radius 2 is 2.00 bits per heavy atom. The van der Waals surface area contributed by atoms with Gasteiger partial charge in [0.05, 0.1) is 15.6 Å². The number of thiazole rings is 1. The van der Waals surface area contributed by atoms with Gasteiger partial charge in [0, 0.05) is 28.5 Å². The molecule has 0 N–H and O–H groups in total. The molecule has 0 spiro atoms. The van der Waals surface area contributed by atoms with Crippen LogP contribution in [0.2, 0.25) is 10.0 Å². The quantitative estimate of drug-likeness (QED) is 0.444. The van der Waals surface area contributed by atoms with Crippen LogP contribution in [-0.2, 0) is 4.74 Å². The number of carbonyl (C=O) groups is 2. The van der Waals surface area contributed by atoms with Gasteiger partial charge < -0.3 is 4.74 Å².